The summed E-state index contributed by atoms with van der Waals surface area (Å²) in [7, 11) is -4.06. The Hall–Kier alpha value is -2.95. The molecular formula is C20H20F3N3O4S. The highest BCUT2D eigenvalue weighted by Gasteiger charge is 2.34. The summed E-state index contributed by atoms with van der Waals surface area (Å²) in [6, 6.07) is 7.20. The zero-order chi connectivity index (χ0) is 22.8. The molecule has 1 aliphatic carbocycles. The number of hydrogen-bond donors (Lipinski definition) is 1. The van der Waals surface area contributed by atoms with E-state index in [9.17, 15) is 26.4 Å². The topological polar surface area (TPSA) is 98.2 Å². The van der Waals surface area contributed by atoms with Crippen molar-refractivity contribution < 1.29 is 31.1 Å². The number of aromatic nitrogens is 2. The van der Waals surface area contributed by atoms with Crippen LogP contribution in [0, 0.1) is 5.92 Å². The van der Waals surface area contributed by atoms with Crippen LogP contribution < -0.4 is 10.1 Å². The highest BCUT2D eigenvalue weighted by molar-refractivity contribution is 7.94. The van der Waals surface area contributed by atoms with Gasteiger partial charge in [-0.3, -0.25) is 4.79 Å². The van der Waals surface area contributed by atoms with Crippen LogP contribution in [0.4, 0.5) is 13.2 Å². The third-order valence-corrected chi connectivity index (χ3v) is 5.29. The molecule has 0 saturated heterocycles. The zero-order valence-corrected chi connectivity index (χ0v) is 17.5. The van der Waals surface area contributed by atoms with Crippen molar-refractivity contribution in [1.29, 1.82) is 0 Å². The normalized spacial score (nSPS) is 16.0. The van der Waals surface area contributed by atoms with Crippen LogP contribution in [0.1, 0.15) is 35.9 Å². The quantitative estimate of drug-likeness (QED) is 0.651. The Labute approximate surface area is 177 Å². The molecule has 1 atom stereocenters. The molecule has 0 unspecified atom stereocenters. The highest BCUT2D eigenvalue weighted by Crippen LogP contribution is 2.35. The molecule has 0 bridgehead atoms. The Kier molecular flexibility index (Phi) is 6.35. The molecule has 1 aliphatic rings. The molecule has 1 N–H and O–H groups in total. The fourth-order valence-corrected chi connectivity index (χ4v) is 3.05. The van der Waals surface area contributed by atoms with Crippen LogP contribution in [0.15, 0.2) is 47.8 Å². The molecule has 0 spiro atoms. The van der Waals surface area contributed by atoms with E-state index >= 15 is 0 Å². The largest absolute Gasteiger partial charge is 0.438 e. The maximum absolute atomic E-state index is 13.9. The number of sulfone groups is 1. The Bertz CT molecular complexity index is 1100. The number of nitrogens with zero attached hydrogens (tertiary/aromatic N) is 2. The summed E-state index contributed by atoms with van der Waals surface area (Å²) < 4.78 is 69.6. The van der Waals surface area contributed by atoms with E-state index < -0.39 is 44.6 Å². The first-order chi connectivity index (χ1) is 14.4. The fraction of sp³-hybridized carbons (Fsp3) is 0.350. The lowest BCUT2D eigenvalue weighted by atomic mass is 10.1. The molecule has 1 heterocycles. The van der Waals surface area contributed by atoms with Gasteiger partial charge in [-0.25, -0.2) is 13.4 Å². The van der Waals surface area contributed by atoms with E-state index in [1.807, 2.05) is 0 Å². The third kappa shape index (κ3) is 6.03. The minimum absolute atomic E-state index is 0.143. The van der Waals surface area contributed by atoms with Gasteiger partial charge in [0.2, 0.25) is 26.7 Å². The number of halogens is 3. The lowest BCUT2D eigenvalue weighted by Gasteiger charge is -2.17. The first-order valence-corrected chi connectivity index (χ1v) is 11.2. The molecule has 166 valence electrons. The summed E-state index contributed by atoms with van der Waals surface area (Å²) in [6.45, 7) is 0.607. The van der Waals surface area contributed by atoms with E-state index in [2.05, 4.69) is 15.3 Å². The van der Waals surface area contributed by atoms with Crippen LogP contribution in [-0.4, -0.2) is 36.6 Å². The Balaban J connectivity index is 1.93. The van der Waals surface area contributed by atoms with Gasteiger partial charge in [0, 0.05) is 19.4 Å². The van der Waals surface area contributed by atoms with Gasteiger partial charge < -0.3 is 10.1 Å². The summed E-state index contributed by atoms with van der Waals surface area (Å²) >= 11 is 0. The number of rotatable bonds is 8. The van der Waals surface area contributed by atoms with Crippen molar-refractivity contribution in [3.63, 3.8) is 0 Å². The zero-order valence-electron chi connectivity index (χ0n) is 16.7. The van der Waals surface area contributed by atoms with Gasteiger partial charge in [-0.15, -0.1) is 0 Å². The highest BCUT2D eigenvalue weighted by atomic mass is 32.2. The first-order valence-electron chi connectivity index (χ1n) is 9.31. The molecular weight excluding hydrogens is 435 g/mol. The minimum Gasteiger partial charge on any atom is -0.438 e. The number of carbonyl (C=O) groups excluding carboxylic acids is 1. The first kappa shape index (κ1) is 22.7. The van der Waals surface area contributed by atoms with Crippen molar-refractivity contribution in [3.8, 4) is 11.6 Å². The van der Waals surface area contributed by atoms with E-state index in [0.29, 0.717) is 26.0 Å². The van der Waals surface area contributed by atoms with Crippen LogP contribution in [0.2, 0.25) is 0 Å². The van der Waals surface area contributed by atoms with Crippen molar-refractivity contribution in [2.24, 2.45) is 5.92 Å². The summed E-state index contributed by atoms with van der Waals surface area (Å²) in [5.41, 5.74) is -0.254. The lowest BCUT2D eigenvalue weighted by Crippen LogP contribution is -2.36. The molecule has 1 amide bonds. The van der Waals surface area contributed by atoms with Gasteiger partial charge in [-0.05, 0) is 37.0 Å². The maximum Gasteiger partial charge on any atom is 0.303 e. The van der Waals surface area contributed by atoms with E-state index in [1.54, 1.807) is 30.3 Å². The Morgan fingerprint density at radius 1 is 1.29 bits per heavy atom. The molecule has 2 aromatic rings. The van der Waals surface area contributed by atoms with Crippen molar-refractivity contribution >= 4 is 15.7 Å². The molecule has 1 aromatic carbocycles. The van der Waals surface area contributed by atoms with Gasteiger partial charge in [0.05, 0.1) is 6.04 Å². The monoisotopic (exact) mass is 455 g/mol. The minimum atomic E-state index is -4.06. The van der Waals surface area contributed by atoms with Crippen molar-refractivity contribution in [1.82, 2.24) is 15.3 Å². The molecule has 0 aliphatic heterocycles. The van der Waals surface area contributed by atoms with E-state index in [1.165, 1.54) is 0 Å². The summed E-state index contributed by atoms with van der Waals surface area (Å²) in [5.74, 6) is -5.32. The average Bonchev–Trinajstić information content (AvgIpc) is 3.52. The summed E-state index contributed by atoms with van der Waals surface area (Å²) in [4.78, 5) is 20.1. The van der Waals surface area contributed by atoms with Gasteiger partial charge in [0.25, 0.3) is 5.91 Å². The second-order valence-corrected chi connectivity index (χ2v) is 9.23. The number of para-hydroxylation sites is 1. The smallest absolute Gasteiger partial charge is 0.303 e. The number of carbonyl (C=O) groups is 1. The van der Waals surface area contributed by atoms with Crippen molar-refractivity contribution in [3.05, 3.63) is 59.2 Å². The standard InChI is InChI=1S/C20H20F3N3O4S/c1-20(22,23)19-24-11-14(18(26-19)30-13-6-4-3-5-7-13)17(27)25-15(12-8-9-12)10-16(21)31(2,28)29/h3-7,10-12,15H,8-9H2,1-2H3,(H,25,27)/b16-10+/t15-/m1/s1. The molecule has 7 nitrogen and oxygen atoms in total. The van der Waals surface area contributed by atoms with Crippen molar-refractivity contribution in [2.45, 2.75) is 31.7 Å². The SMILES string of the molecule is CC(F)(F)c1ncc(C(=O)N[C@H](/C=C(\F)S(C)(=O)=O)C2CC2)c(Oc2ccccc2)n1. The van der Waals surface area contributed by atoms with Gasteiger partial charge in [-0.1, -0.05) is 18.2 Å². The van der Waals surface area contributed by atoms with Gasteiger partial charge in [0.1, 0.15) is 11.3 Å². The second-order valence-electron chi connectivity index (χ2n) is 7.30. The molecule has 1 saturated carbocycles. The Morgan fingerprint density at radius 3 is 2.48 bits per heavy atom. The number of hydrogen-bond acceptors (Lipinski definition) is 6. The third-order valence-electron chi connectivity index (χ3n) is 4.44. The molecule has 11 heteroatoms. The van der Waals surface area contributed by atoms with Crippen LogP contribution >= 0.6 is 0 Å². The predicted octanol–water partition coefficient (Wildman–Crippen LogP) is 3.74. The molecule has 3 rings (SSSR count). The summed E-state index contributed by atoms with van der Waals surface area (Å²) in [6.07, 6.45) is 3.78. The molecule has 31 heavy (non-hydrogen) atoms. The Morgan fingerprint density at radius 2 is 1.94 bits per heavy atom. The number of benzene rings is 1. The fourth-order valence-electron chi connectivity index (χ4n) is 2.66. The second kappa shape index (κ2) is 8.66. The van der Waals surface area contributed by atoms with Gasteiger partial charge >= 0.3 is 5.92 Å². The molecule has 1 fully saturated rings. The van der Waals surface area contributed by atoms with Crippen LogP contribution in [0.5, 0.6) is 11.6 Å². The average molecular weight is 455 g/mol. The van der Waals surface area contributed by atoms with Crippen LogP contribution in [0.3, 0.4) is 0 Å². The number of alkyl halides is 2. The maximum atomic E-state index is 13.9. The molecule has 1 aromatic heterocycles. The van der Waals surface area contributed by atoms with Crippen LogP contribution in [0.25, 0.3) is 0 Å². The van der Waals surface area contributed by atoms with Gasteiger partial charge in [0.15, 0.2) is 0 Å². The van der Waals surface area contributed by atoms with E-state index in [-0.39, 0.29) is 17.2 Å². The predicted molar refractivity (Wildman–Crippen MR) is 106 cm³/mol. The lowest BCUT2D eigenvalue weighted by molar-refractivity contribution is 0.00707. The number of nitrogens with one attached hydrogen (secondary N) is 1. The molecule has 0 radical (unpaired) electrons. The summed E-state index contributed by atoms with van der Waals surface area (Å²) in [5, 5.41) is 1.16. The van der Waals surface area contributed by atoms with Gasteiger partial charge in [-0.2, -0.15) is 18.2 Å². The van der Waals surface area contributed by atoms with E-state index in [4.69, 9.17) is 4.74 Å². The number of amides is 1. The van der Waals surface area contributed by atoms with Crippen LogP contribution in [-0.2, 0) is 15.8 Å². The van der Waals surface area contributed by atoms with E-state index in [0.717, 1.165) is 12.3 Å². The number of ether oxygens (including phenoxy) is 1. The van der Waals surface area contributed by atoms with Crippen molar-refractivity contribution in [2.75, 3.05) is 6.26 Å².